The molecule has 0 radical (unpaired) electrons. The van der Waals surface area contributed by atoms with Gasteiger partial charge < -0.3 is 16.2 Å². The lowest BCUT2D eigenvalue weighted by atomic mass is 10.1. The molecule has 6 nitrogen and oxygen atoms in total. The van der Waals surface area contributed by atoms with Gasteiger partial charge in [0.2, 0.25) is 0 Å². The van der Waals surface area contributed by atoms with Crippen LogP contribution in [-0.4, -0.2) is 22.0 Å². The summed E-state index contributed by atoms with van der Waals surface area (Å²) in [5, 5.41) is 11.9. The summed E-state index contributed by atoms with van der Waals surface area (Å²) in [7, 11) is 0. The summed E-state index contributed by atoms with van der Waals surface area (Å²) in [5.74, 6) is -1.55. The molecular weight excluding hydrogens is 246 g/mol. The van der Waals surface area contributed by atoms with Gasteiger partial charge in [0, 0.05) is 6.20 Å². The van der Waals surface area contributed by atoms with Crippen molar-refractivity contribution in [3.05, 3.63) is 53.7 Å². The number of carbonyl (C=O) groups excluding carboxylic acids is 1. The van der Waals surface area contributed by atoms with Crippen molar-refractivity contribution in [3.63, 3.8) is 0 Å². The fraction of sp³-hybridized carbons (Fsp3) is 0. The number of anilines is 2. The van der Waals surface area contributed by atoms with Crippen molar-refractivity contribution in [2.75, 3.05) is 5.32 Å². The van der Waals surface area contributed by atoms with Gasteiger partial charge in [-0.25, -0.2) is 9.78 Å². The van der Waals surface area contributed by atoms with Crippen LogP contribution in [0.25, 0.3) is 0 Å². The Bertz CT molecular complexity index is 585. The zero-order valence-electron chi connectivity index (χ0n) is 9.83. The number of amides is 1. The third-order valence-electron chi connectivity index (χ3n) is 2.48. The second-order valence-corrected chi connectivity index (χ2v) is 3.74. The number of pyridine rings is 1. The van der Waals surface area contributed by atoms with Gasteiger partial charge in [0.1, 0.15) is 11.4 Å². The largest absolute Gasteiger partial charge is 0.478 e. The van der Waals surface area contributed by atoms with Crippen LogP contribution < -0.4 is 11.1 Å². The SMILES string of the molecule is NC(=O)c1ccccc1Nc1ncccc1C(=O)O. The molecule has 0 spiro atoms. The summed E-state index contributed by atoms with van der Waals surface area (Å²) in [5.41, 5.74) is 5.95. The number of nitrogens with one attached hydrogen (secondary N) is 1. The Labute approximate surface area is 108 Å². The van der Waals surface area contributed by atoms with E-state index in [1.165, 1.54) is 18.3 Å². The third-order valence-corrected chi connectivity index (χ3v) is 2.48. The number of aromatic carboxylic acids is 1. The predicted octanol–water partition coefficient (Wildman–Crippen LogP) is 1.62. The Kier molecular flexibility index (Phi) is 3.42. The molecule has 6 heteroatoms. The molecule has 0 aliphatic carbocycles. The molecule has 96 valence electrons. The molecule has 0 saturated heterocycles. The second kappa shape index (κ2) is 5.18. The molecule has 2 aromatic rings. The van der Waals surface area contributed by atoms with E-state index in [-0.39, 0.29) is 16.9 Å². The highest BCUT2D eigenvalue weighted by Gasteiger charge is 2.13. The Morgan fingerprint density at radius 3 is 2.47 bits per heavy atom. The summed E-state index contributed by atoms with van der Waals surface area (Å²) >= 11 is 0. The zero-order valence-corrected chi connectivity index (χ0v) is 9.83. The predicted molar refractivity (Wildman–Crippen MR) is 69.4 cm³/mol. The lowest BCUT2D eigenvalue weighted by Gasteiger charge is -2.10. The monoisotopic (exact) mass is 257 g/mol. The fourth-order valence-corrected chi connectivity index (χ4v) is 1.61. The number of benzene rings is 1. The van der Waals surface area contributed by atoms with Crippen molar-refractivity contribution in [1.29, 1.82) is 0 Å². The summed E-state index contributed by atoms with van der Waals surface area (Å²) in [6.45, 7) is 0. The second-order valence-electron chi connectivity index (χ2n) is 3.74. The number of nitrogens with two attached hydrogens (primary N) is 1. The molecule has 1 heterocycles. The Balaban J connectivity index is 2.42. The molecule has 0 atom stereocenters. The maximum atomic E-state index is 11.3. The normalized spacial score (nSPS) is 9.89. The molecule has 2 rings (SSSR count). The first-order valence-electron chi connectivity index (χ1n) is 5.44. The maximum absolute atomic E-state index is 11.3. The maximum Gasteiger partial charge on any atom is 0.339 e. The zero-order chi connectivity index (χ0) is 13.8. The van der Waals surface area contributed by atoms with E-state index in [0.717, 1.165) is 0 Å². The summed E-state index contributed by atoms with van der Waals surface area (Å²) in [6, 6.07) is 9.49. The first-order chi connectivity index (χ1) is 9.09. The molecule has 0 fully saturated rings. The van der Waals surface area contributed by atoms with E-state index < -0.39 is 11.9 Å². The van der Waals surface area contributed by atoms with Crippen molar-refractivity contribution in [1.82, 2.24) is 4.98 Å². The van der Waals surface area contributed by atoms with Crippen LogP contribution in [0.3, 0.4) is 0 Å². The molecule has 0 aliphatic heterocycles. The number of carboxylic acid groups (broad SMARTS) is 1. The quantitative estimate of drug-likeness (QED) is 0.771. The van der Waals surface area contributed by atoms with E-state index in [1.807, 2.05) is 0 Å². The number of carbonyl (C=O) groups is 2. The number of nitrogens with zero attached hydrogens (tertiary/aromatic N) is 1. The van der Waals surface area contributed by atoms with Gasteiger partial charge in [-0.3, -0.25) is 4.79 Å². The van der Waals surface area contributed by atoms with Crippen molar-refractivity contribution in [3.8, 4) is 0 Å². The molecule has 0 bridgehead atoms. The van der Waals surface area contributed by atoms with E-state index in [2.05, 4.69) is 10.3 Å². The number of hydrogen-bond acceptors (Lipinski definition) is 4. The van der Waals surface area contributed by atoms with Crippen molar-refractivity contribution < 1.29 is 14.7 Å². The van der Waals surface area contributed by atoms with Crippen LogP contribution in [0.15, 0.2) is 42.6 Å². The number of rotatable bonds is 4. The highest BCUT2D eigenvalue weighted by atomic mass is 16.4. The van der Waals surface area contributed by atoms with Gasteiger partial charge in [-0.1, -0.05) is 12.1 Å². The van der Waals surface area contributed by atoms with Crippen molar-refractivity contribution in [2.24, 2.45) is 5.73 Å². The first kappa shape index (κ1) is 12.6. The molecule has 0 unspecified atom stereocenters. The van der Waals surface area contributed by atoms with Gasteiger partial charge in [-0.15, -0.1) is 0 Å². The van der Waals surface area contributed by atoms with Gasteiger partial charge in [0.05, 0.1) is 11.3 Å². The number of primary amides is 1. The summed E-state index contributed by atoms with van der Waals surface area (Å²) in [4.78, 5) is 26.3. The highest BCUT2D eigenvalue weighted by Crippen LogP contribution is 2.21. The van der Waals surface area contributed by atoms with Gasteiger partial charge in [0.25, 0.3) is 5.91 Å². The van der Waals surface area contributed by atoms with Crippen molar-refractivity contribution in [2.45, 2.75) is 0 Å². The molecule has 1 aromatic carbocycles. The average molecular weight is 257 g/mol. The van der Waals surface area contributed by atoms with Gasteiger partial charge in [-0.2, -0.15) is 0 Å². The minimum atomic E-state index is -1.10. The summed E-state index contributed by atoms with van der Waals surface area (Å²) < 4.78 is 0. The summed E-state index contributed by atoms with van der Waals surface area (Å²) in [6.07, 6.45) is 1.46. The molecule has 0 saturated carbocycles. The Morgan fingerprint density at radius 2 is 1.79 bits per heavy atom. The van der Waals surface area contributed by atoms with Gasteiger partial charge in [0.15, 0.2) is 0 Å². The van der Waals surface area contributed by atoms with Crippen LogP contribution in [0.1, 0.15) is 20.7 Å². The average Bonchev–Trinajstić information content (AvgIpc) is 2.39. The van der Waals surface area contributed by atoms with E-state index in [0.29, 0.717) is 5.69 Å². The van der Waals surface area contributed by atoms with Crippen molar-refractivity contribution >= 4 is 23.4 Å². The highest BCUT2D eigenvalue weighted by molar-refractivity contribution is 6.00. The van der Waals surface area contributed by atoms with E-state index >= 15 is 0 Å². The molecule has 0 aliphatic rings. The minimum Gasteiger partial charge on any atom is -0.478 e. The number of aromatic nitrogens is 1. The molecule has 19 heavy (non-hydrogen) atoms. The number of hydrogen-bond donors (Lipinski definition) is 3. The van der Waals surface area contributed by atoms with E-state index in [4.69, 9.17) is 10.8 Å². The van der Waals surface area contributed by atoms with E-state index in [1.54, 1.807) is 24.3 Å². The van der Waals surface area contributed by atoms with E-state index in [9.17, 15) is 9.59 Å². The molecule has 4 N–H and O–H groups in total. The molecule has 1 aromatic heterocycles. The standard InChI is InChI=1S/C13H11N3O3/c14-11(17)8-4-1-2-6-10(8)16-12-9(13(18)19)5-3-7-15-12/h1-7H,(H2,14,17)(H,15,16)(H,18,19). The Morgan fingerprint density at radius 1 is 1.11 bits per heavy atom. The van der Waals surface area contributed by atoms with Crippen LogP contribution >= 0.6 is 0 Å². The van der Waals surface area contributed by atoms with Crippen LogP contribution in [-0.2, 0) is 0 Å². The van der Waals surface area contributed by atoms with Crippen LogP contribution in [0.2, 0.25) is 0 Å². The third kappa shape index (κ3) is 2.68. The lowest BCUT2D eigenvalue weighted by molar-refractivity contribution is 0.0697. The van der Waals surface area contributed by atoms with Crippen LogP contribution in [0.5, 0.6) is 0 Å². The fourth-order valence-electron chi connectivity index (χ4n) is 1.61. The first-order valence-corrected chi connectivity index (χ1v) is 5.44. The number of para-hydroxylation sites is 1. The lowest BCUT2D eigenvalue weighted by Crippen LogP contribution is -2.14. The van der Waals surface area contributed by atoms with Crippen LogP contribution in [0.4, 0.5) is 11.5 Å². The van der Waals surface area contributed by atoms with Crippen LogP contribution in [0, 0.1) is 0 Å². The minimum absolute atomic E-state index is 0.0155. The van der Waals surface area contributed by atoms with Gasteiger partial charge in [-0.05, 0) is 24.3 Å². The number of carboxylic acids is 1. The van der Waals surface area contributed by atoms with Gasteiger partial charge >= 0.3 is 5.97 Å². The molecule has 1 amide bonds. The smallest absolute Gasteiger partial charge is 0.339 e. The molecular formula is C13H11N3O3. The topological polar surface area (TPSA) is 105 Å². The Hall–Kier alpha value is -2.89.